The monoisotopic (exact) mass is 461 g/mol. The highest BCUT2D eigenvalue weighted by molar-refractivity contribution is 7.84. The van der Waals surface area contributed by atoms with E-state index in [1.807, 2.05) is 48.7 Å². The van der Waals surface area contributed by atoms with Crippen molar-refractivity contribution in [1.29, 1.82) is 5.41 Å². The molecule has 0 aliphatic carbocycles. The Labute approximate surface area is 199 Å². The number of thiol groups is 1. The molecule has 0 fully saturated rings. The number of hydrogen-bond acceptors (Lipinski definition) is 5. The second-order valence-electron chi connectivity index (χ2n) is 7.18. The van der Waals surface area contributed by atoms with Gasteiger partial charge in [0.2, 0.25) is 0 Å². The molecule has 1 aliphatic rings. The molecule has 0 atom stereocenters. The summed E-state index contributed by atoms with van der Waals surface area (Å²) in [5.41, 5.74) is 3.71. The number of rotatable bonds is 9. The lowest BCUT2D eigenvalue weighted by atomic mass is 10.0. The lowest BCUT2D eigenvalue weighted by Crippen LogP contribution is -2.14. The van der Waals surface area contributed by atoms with E-state index in [2.05, 4.69) is 31.1 Å². The molecule has 1 aromatic heterocycles. The highest BCUT2D eigenvalue weighted by Crippen LogP contribution is 2.30. The van der Waals surface area contributed by atoms with Gasteiger partial charge in [0.05, 0.1) is 18.0 Å². The molecule has 0 unspecified atom stereocenters. The van der Waals surface area contributed by atoms with Crippen molar-refractivity contribution in [3.05, 3.63) is 87.6 Å². The first-order valence-electron chi connectivity index (χ1n) is 10.5. The molecule has 4 nitrogen and oxygen atoms in total. The lowest BCUT2D eigenvalue weighted by molar-refractivity contribution is 0.309. The van der Waals surface area contributed by atoms with Crippen LogP contribution in [0.3, 0.4) is 0 Å². The Morgan fingerprint density at radius 2 is 2.16 bits per heavy atom. The van der Waals surface area contributed by atoms with Crippen molar-refractivity contribution in [3.8, 4) is 5.75 Å². The van der Waals surface area contributed by atoms with Crippen LogP contribution in [-0.4, -0.2) is 24.4 Å². The molecular weight excluding hydrogens is 434 g/mol. The first-order chi connectivity index (χ1) is 15.5. The van der Waals surface area contributed by atoms with Crippen LogP contribution in [0.2, 0.25) is 0 Å². The molecule has 0 spiro atoms. The highest BCUT2D eigenvalue weighted by Gasteiger charge is 2.15. The van der Waals surface area contributed by atoms with Crippen molar-refractivity contribution in [3.63, 3.8) is 0 Å². The number of ether oxygens (including phenoxy) is 1. The van der Waals surface area contributed by atoms with E-state index in [-0.39, 0.29) is 5.71 Å². The molecule has 0 amide bonds. The van der Waals surface area contributed by atoms with E-state index >= 15 is 0 Å². The van der Waals surface area contributed by atoms with Gasteiger partial charge in [0.15, 0.2) is 5.84 Å². The third-order valence-electron chi connectivity index (χ3n) is 4.78. The number of aliphatic imine (C=N–C) groups is 2. The largest absolute Gasteiger partial charge is 0.494 e. The maximum atomic E-state index is 8.53. The van der Waals surface area contributed by atoms with Crippen LogP contribution in [0.15, 0.2) is 87.2 Å². The number of nitrogens with zero attached hydrogens (tertiary/aromatic N) is 2. The van der Waals surface area contributed by atoms with Crippen LogP contribution in [-0.2, 0) is 0 Å². The summed E-state index contributed by atoms with van der Waals surface area (Å²) in [7, 11) is 0. The minimum Gasteiger partial charge on any atom is -0.494 e. The number of unbranched alkanes of at least 4 members (excludes halogenated alkanes) is 1. The third-order valence-corrected chi connectivity index (χ3v) is 6.13. The number of allylic oxidation sites excluding steroid dienone is 4. The normalized spacial score (nSPS) is 16.1. The van der Waals surface area contributed by atoms with Crippen LogP contribution in [0.1, 0.15) is 37.1 Å². The fourth-order valence-corrected chi connectivity index (χ4v) is 4.10. The van der Waals surface area contributed by atoms with E-state index in [4.69, 9.17) is 15.1 Å². The molecule has 2 aromatic rings. The summed E-state index contributed by atoms with van der Waals surface area (Å²) in [5.74, 6) is 1.17. The lowest BCUT2D eigenvalue weighted by Gasteiger charge is -2.13. The van der Waals surface area contributed by atoms with Crippen molar-refractivity contribution in [2.75, 3.05) is 6.61 Å². The maximum Gasteiger partial charge on any atom is 0.178 e. The number of amidine groups is 1. The molecule has 2 heterocycles. The summed E-state index contributed by atoms with van der Waals surface area (Å²) in [4.78, 5) is 11.0. The first kappa shape index (κ1) is 23.7. The van der Waals surface area contributed by atoms with Gasteiger partial charge in [-0.15, -0.1) is 24.0 Å². The molecule has 1 N–H and O–H groups in total. The molecule has 1 aromatic carbocycles. The van der Waals surface area contributed by atoms with Gasteiger partial charge in [0, 0.05) is 21.6 Å². The Morgan fingerprint density at radius 3 is 2.84 bits per heavy atom. The summed E-state index contributed by atoms with van der Waals surface area (Å²) in [6.07, 6.45) is 9.11. The predicted octanol–water partition coefficient (Wildman–Crippen LogP) is 7.24. The zero-order valence-corrected chi connectivity index (χ0v) is 20.0. The fraction of sp³-hybridized carbons (Fsp3) is 0.192. The van der Waals surface area contributed by atoms with Crippen LogP contribution in [0.4, 0.5) is 0 Å². The van der Waals surface area contributed by atoms with Gasteiger partial charge in [-0.2, -0.15) is 0 Å². The van der Waals surface area contributed by atoms with Gasteiger partial charge in [-0.25, -0.2) is 9.98 Å². The van der Waals surface area contributed by atoms with E-state index in [0.29, 0.717) is 23.0 Å². The summed E-state index contributed by atoms with van der Waals surface area (Å²) in [6, 6.07) is 11.9. The van der Waals surface area contributed by atoms with Crippen LogP contribution < -0.4 is 4.74 Å². The van der Waals surface area contributed by atoms with Crippen molar-refractivity contribution < 1.29 is 4.74 Å². The number of thiophene rings is 1. The Hall–Kier alpha value is -2.96. The summed E-state index contributed by atoms with van der Waals surface area (Å²) < 4.78 is 5.81. The van der Waals surface area contributed by atoms with Crippen LogP contribution >= 0.6 is 24.0 Å². The quantitative estimate of drug-likeness (QED) is 0.231. The second kappa shape index (κ2) is 11.6. The Morgan fingerprint density at radius 1 is 1.31 bits per heavy atom. The van der Waals surface area contributed by atoms with Crippen molar-refractivity contribution in [2.24, 2.45) is 9.98 Å². The van der Waals surface area contributed by atoms with Crippen molar-refractivity contribution in [2.45, 2.75) is 26.7 Å². The van der Waals surface area contributed by atoms with Crippen molar-refractivity contribution in [1.82, 2.24) is 0 Å². The van der Waals surface area contributed by atoms with E-state index in [1.54, 1.807) is 35.8 Å². The Bertz CT molecular complexity index is 1140. The van der Waals surface area contributed by atoms with Crippen molar-refractivity contribution >= 4 is 52.9 Å². The molecule has 0 radical (unpaired) electrons. The van der Waals surface area contributed by atoms with Gasteiger partial charge < -0.3 is 4.74 Å². The Kier molecular flexibility index (Phi) is 8.59. The van der Waals surface area contributed by atoms with E-state index < -0.39 is 0 Å². The average molecular weight is 462 g/mol. The molecule has 0 saturated heterocycles. The van der Waals surface area contributed by atoms with Gasteiger partial charge in [0.1, 0.15) is 5.75 Å². The SMILES string of the molecule is C=C/C=C(S)/C(N=C1N=CC(c2cccc(OCCCC)c2)=CC1=N)=C(/C)c1cccs1. The van der Waals surface area contributed by atoms with Gasteiger partial charge in [-0.1, -0.05) is 44.2 Å². The van der Waals surface area contributed by atoms with E-state index in [1.165, 1.54) is 0 Å². The smallest absolute Gasteiger partial charge is 0.178 e. The van der Waals surface area contributed by atoms with Gasteiger partial charge in [-0.3, -0.25) is 5.41 Å². The minimum atomic E-state index is 0.246. The molecule has 1 aliphatic heterocycles. The first-order valence-corrected chi connectivity index (χ1v) is 11.8. The predicted molar refractivity (Wildman–Crippen MR) is 143 cm³/mol. The Balaban J connectivity index is 1.89. The third kappa shape index (κ3) is 6.05. The van der Waals surface area contributed by atoms with E-state index in [9.17, 15) is 0 Å². The molecule has 32 heavy (non-hydrogen) atoms. The molecule has 6 heteroatoms. The second-order valence-corrected chi connectivity index (χ2v) is 8.60. The van der Waals surface area contributed by atoms with Crippen LogP contribution in [0.25, 0.3) is 11.1 Å². The standard InChI is InChI=1S/C26H27N3OS2/c1-4-6-13-30-21-11-7-10-19(15-21)20-16-22(27)26(28-17-20)29-25(23(31)9-5-2)18(3)24-12-8-14-32-24/h5,7-12,14-17,27,31H,2,4,6,13H2,1,3H3/b23-9-,25-18+,27-22?,29-26?. The molecule has 164 valence electrons. The number of benzene rings is 1. The molecule has 0 saturated carbocycles. The molecule has 0 bridgehead atoms. The zero-order valence-electron chi connectivity index (χ0n) is 18.3. The van der Waals surface area contributed by atoms with Crippen LogP contribution in [0.5, 0.6) is 5.75 Å². The average Bonchev–Trinajstić information content (AvgIpc) is 3.33. The fourth-order valence-electron chi connectivity index (χ4n) is 3.04. The van der Waals surface area contributed by atoms with E-state index in [0.717, 1.165) is 40.2 Å². The molecule has 3 rings (SSSR count). The zero-order chi connectivity index (χ0) is 22.9. The summed E-state index contributed by atoms with van der Waals surface area (Å²) in [6.45, 7) is 8.59. The van der Waals surface area contributed by atoms with Gasteiger partial charge in [-0.05, 0) is 60.2 Å². The number of nitrogens with one attached hydrogen (secondary N) is 1. The van der Waals surface area contributed by atoms with Gasteiger partial charge >= 0.3 is 0 Å². The molecular formula is C26H27N3OS2. The number of hydrogen-bond donors (Lipinski definition) is 2. The highest BCUT2D eigenvalue weighted by atomic mass is 32.1. The van der Waals surface area contributed by atoms with Crippen LogP contribution in [0, 0.1) is 5.41 Å². The summed E-state index contributed by atoms with van der Waals surface area (Å²) >= 11 is 6.24. The summed E-state index contributed by atoms with van der Waals surface area (Å²) in [5, 5.41) is 10.6. The van der Waals surface area contributed by atoms with Gasteiger partial charge in [0.25, 0.3) is 0 Å². The minimum absolute atomic E-state index is 0.246. The number of dihydropyridines is 1. The topological polar surface area (TPSA) is 57.8 Å². The maximum absolute atomic E-state index is 8.53.